The van der Waals surface area contributed by atoms with Crippen LogP contribution in [0, 0.1) is 17.8 Å². The molecule has 0 bridgehead atoms. The van der Waals surface area contributed by atoms with E-state index in [-0.39, 0.29) is 0 Å². The lowest BCUT2D eigenvalue weighted by molar-refractivity contribution is 0.168. The fourth-order valence-electron chi connectivity index (χ4n) is 4.20. The van der Waals surface area contributed by atoms with Gasteiger partial charge in [-0.15, -0.1) is 0 Å². The lowest BCUT2D eigenvalue weighted by Crippen LogP contribution is -2.23. The summed E-state index contributed by atoms with van der Waals surface area (Å²) in [5.74, 6) is 3.03. The molecule has 118 valence electrons. The van der Waals surface area contributed by atoms with Crippen LogP contribution < -0.4 is 5.73 Å². The maximum Gasteiger partial charge on any atom is 0.0310 e. The number of hydrogen-bond acceptors (Lipinski definition) is 1. The summed E-state index contributed by atoms with van der Waals surface area (Å²) < 4.78 is 0. The molecule has 2 N–H and O–H groups in total. The van der Waals surface area contributed by atoms with Crippen LogP contribution in [0.25, 0.3) is 0 Å². The molecule has 0 atom stereocenters. The lowest BCUT2D eigenvalue weighted by Gasteiger charge is -2.35. The highest BCUT2D eigenvalue weighted by atomic mass is 14.5. The predicted molar refractivity (Wildman–Crippen MR) is 92.9 cm³/mol. The van der Waals surface area contributed by atoms with Gasteiger partial charge in [-0.2, -0.15) is 0 Å². The number of hydrogen-bond donors (Lipinski definition) is 1. The van der Waals surface area contributed by atoms with E-state index in [9.17, 15) is 0 Å². The van der Waals surface area contributed by atoms with Gasteiger partial charge in [-0.05, 0) is 68.9 Å². The fourth-order valence-corrected chi connectivity index (χ4v) is 4.20. The molecule has 2 saturated carbocycles. The Balaban J connectivity index is 1.67. The molecule has 2 aliphatic carbocycles. The van der Waals surface area contributed by atoms with Gasteiger partial charge >= 0.3 is 0 Å². The van der Waals surface area contributed by atoms with E-state index in [1.165, 1.54) is 64.2 Å². The zero-order valence-electron chi connectivity index (χ0n) is 13.8. The first-order chi connectivity index (χ1) is 10.3. The molecule has 2 rings (SSSR count). The van der Waals surface area contributed by atoms with Crippen LogP contribution in [0.3, 0.4) is 0 Å². The molecule has 0 unspecified atom stereocenters. The Morgan fingerprint density at radius 2 is 1.62 bits per heavy atom. The highest BCUT2D eigenvalue weighted by molar-refractivity contribution is 5.20. The van der Waals surface area contributed by atoms with E-state index in [2.05, 4.69) is 12.2 Å². The number of allylic oxidation sites excluding steroid dienone is 5. The van der Waals surface area contributed by atoms with Crippen molar-refractivity contribution >= 4 is 0 Å². The van der Waals surface area contributed by atoms with Gasteiger partial charge in [-0.1, -0.05) is 50.3 Å². The minimum absolute atomic E-state index is 0.842. The monoisotopic (exact) mass is 287 g/mol. The largest absolute Gasteiger partial charge is 0.399 e. The van der Waals surface area contributed by atoms with E-state index in [0.29, 0.717) is 0 Å². The molecule has 0 aromatic heterocycles. The molecule has 21 heavy (non-hydrogen) atoms. The van der Waals surface area contributed by atoms with Crippen molar-refractivity contribution < 1.29 is 0 Å². The smallest absolute Gasteiger partial charge is 0.0310 e. The van der Waals surface area contributed by atoms with Crippen LogP contribution in [0.4, 0.5) is 0 Å². The standard InChI is InChI=1S/C20H33N/c1-2-8-20(21)12-7-6-9-17-13-15-19(16-14-17)18-10-4-3-5-11-18/h2,6-8,12,17-19H,3-5,9-11,13-16,21H2,1H3/b7-6-,8-2-,20-12+. The lowest BCUT2D eigenvalue weighted by atomic mass is 9.70. The first-order valence-electron chi connectivity index (χ1n) is 9.04. The number of nitrogens with two attached hydrogens (primary N) is 1. The minimum Gasteiger partial charge on any atom is -0.399 e. The zero-order valence-corrected chi connectivity index (χ0v) is 13.8. The molecule has 0 heterocycles. The zero-order chi connectivity index (χ0) is 14.9. The Morgan fingerprint density at radius 1 is 0.952 bits per heavy atom. The summed E-state index contributed by atoms with van der Waals surface area (Å²) in [6.45, 7) is 2.00. The molecule has 2 aliphatic rings. The summed E-state index contributed by atoms with van der Waals surface area (Å²) in [4.78, 5) is 0. The maximum absolute atomic E-state index is 5.83. The highest BCUT2D eigenvalue weighted by Gasteiger charge is 2.27. The molecule has 0 radical (unpaired) electrons. The number of rotatable bonds is 5. The van der Waals surface area contributed by atoms with Gasteiger partial charge < -0.3 is 5.73 Å². The Morgan fingerprint density at radius 3 is 2.29 bits per heavy atom. The third-order valence-corrected chi connectivity index (χ3v) is 5.46. The van der Waals surface area contributed by atoms with Crippen molar-refractivity contribution in [2.45, 2.75) is 71.1 Å². The van der Waals surface area contributed by atoms with E-state index in [1.807, 2.05) is 25.2 Å². The minimum atomic E-state index is 0.842. The van der Waals surface area contributed by atoms with Gasteiger partial charge in [0.05, 0.1) is 0 Å². The topological polar surface area (TPSA) is 26.0 Å². The summed E-state index contributed by atoms with van der Waals surface area (Å²) in [6.07, 6.45) is 25.0. The molecular formula is C20H33N. The Kier molecular flexibility index (Phi) is 7.12. The van der Waals surface area contributed by atoms with E-state index >= 15 is 0 Å². The molecule has 0 aromatic rings. The molecule has 2 fully saturated rings. The first-order valence-corrected chi connectivity index (χ1v) is 9.04. The average Bonchev–Trinajstić information content (AvgIpc) is 2.53. The summed E-state index contributed by atoms with van der Waals surface area (Å²) in [7, 11) is 0. The third-order valence-electron chi connectivity index (χ3n) is 5.46. The molecule has 1 nitrogen and oxygen atoms in total. The fraction of sp³-hybridized carbons (Fsp3) is 0.700. The van der Waals surface area contributed by atoms with Crippen molar-refractivity contribution in [1.29, 1.82) is 0 Å². The van der Waals surface area contributed by atoms with Crippen molar-refractivity contribution in [3.63, 3.8) is 0 Å². The Bertz CT molecular complexity index is 363. The molecule has 0 amide bonds. The van der Waals surface area contributed by atoms with Crippen molar-refractivity contribution in [1.82, 2.24) is 0 Å². The van der Waals surface area contributed by atoms with Crippen LogP contribution in [-0.2, 0) is 0 Å². The van der Waals surface area contributed by atoms with Gasteiger partial charge in [0.15, 0.2) is 0 Å². The van der Waals surface area contributed by atoms with Gasteiger partial charge in [-0.25, -0.2) is 0 Å². The van der Waals surface area contributed by atoms with Crippen molar-refractivity contribution in [2.75, 3.05) is 0 Å². The second-order valence-electron chi connectivity index (χ2n) is 7.01. The molecule has 1 heteroatoms. The van der Waals surface area contributed by atoms with Crippen LogP contribution in [-0.4, -0.2) is 0 Å². The van der Waals surface area contributed by atoms with Crippen molar-refractivity contribution in [3.8, 4) is 0 Å². The van der Waals surface area contributed by atoms with E-state index in [4.69, 9.17) is 5.73 Å². The Labute approximate surface area is 131 Å². The van der Waals surface area contributed by atoms with Gasteiger partial charge in [-0.3, -0.25) is 0 Å². The average molecular weight is 287 g/mol. The van der Waals surface area contributed by atoms with Crippen LogP contribution in [0.2, 0.25) is 0 Å². The van der Waals surface area contributed by atoms with E-state index < -0.39 is 0 Å². The molecule has 0 aliphatic heterocycles. The van der Waals surface area contributed by atoms with Gasteiger partial charge in [0.25, 0.3) is 0 Å². The second kappa shape index (κ2) is 9.12. The highest BCUT2D eigenvalue weighted by Crippen LogP contribution is 2.40. The van der Waals surface area contributed by atoms with Crippen LogP contribution in [0.15, 0.2) is 36.1 Å². The SMILES string of the molecule is C\C=C/C(N)=C\C=C/CC1CCC(C2CCCCC2)CC1. The molecule has 0 spiro atoms. The summed E-state index contributed by atoms with van der Waals surface area (Å²) >= 11 is 0. The molecule has 0 aromatic carbocycles. The summed E-state index contributed by atoms with van der Waals surface area (Å²) in [5.41, 5.74) is 6.67. The van der Waals surface area contributed by atoms with Crippen molar-refractivity contribution in [2.24, 2.45) is 23.5 Å². The van der Waals surface area contributed by atoms with Crippen molar-refractivity contribution in [3.05, 3.63) is 36.1 Å². The van der Waals surface area contributed by atoms with Crippen LogP contribution >= 0.6 is 0 Å². The summed E-state index contributed by atoms with van der Waals surface area (Å²) in [6, 6.07) is 0. The van der Waals surface area contributed by atoms with Crippen LogP contribution in [0.5, 0.6) is 0 Å². The summed E-state index contributed by atoms with van der Waals surface area (Å²) in [5, 5.41) is 0. The second-order valence-corrected chi connectivity index (χ2v) is 7.01. The van der Waals surface area contributed by atoms with Gasteiger partial charge in [0, 0.05) is 5.70 Å². The van der Waals surface area contributed by atoms with E-state index in [0.717, 1.165) is 23.5 Å². The van der Waals surface area contributed by atoms with Gasteiger partial charge in [0.1, 0.15) is 0 Å². The Hall–Kier alpha value is -0.980. The third kappa shape index (κ3) is 5.73. The molecule has 0 saturated heterocycles. The normalized spacial score (nSPS) is 29.5. The van der Waals surface area contributed by atoms with Gasteiger partial charge in [0.2, 0.25) is 0 Å². The first kappa shape index (κ1) is 16.4. The van der Waals surface area contributed by atoms with Crippen LogP contribution in [0.1, 0.15) is 71.1 Å². The van der Waals surface area contributed by atoms with E-state index in [1.54, 1.807) is 0 Å². The predicted octanol–water partition coefficient (Wildman–Crippen LogP) is 5.74. The quantitative estimate of drug-likeness (QED) is 0.641. The molecular weight excluding hydrogens is 254 g/mol. The maximum atomic E-state index is 5.83.